The van der Waals surface area contributed by atoms with Crippen molar-refractivity contribution in [3.63, 3.8) is 0 Å². The average Bonchev–Trinajstić information content (AvgIpc) is 2.87. The second-order valence-corrected chi connectivity index (χ2v) is 5.28. The summed E-state index contributed by atoms with van der Waals surface area (Å²) >= 11 is 0. The number of rotatable bonds is 4. The molecular weight excluding hydrogens is 266 g/mol. The van der Waals surface area contributed by atoms with Crippen LogP contribution >= 0.6 is 0 Å². The molecule has 0 bridgehead atoms. The van der Waals surface area contributed by atoms with Crippen molar-refractivity contribution in [2.24, 2.45) is 0 Å². The first kappa shape index (κ1) is 13.8. The van der Waals surface area contributed by atoms with Crippen LogP contribution in [0.1, 0.15) is 29.0 Å². The average molecular weight is 285 g/mol. The van der Waals surface area contributed by atoms with Crippen LogP contribution in [-0.4, -0.2) is 40.5 Å². The molecule has 0 spiro atoms. The van der Waals surface area contributed by atoms with Crippen LogP contribution in [0.15, 0.2) is 30.5 Å². The van der Waals surface area contributed by atoms with Gasteiger partial charge in [0.05, 0.1) is 12.2 Å². The highest BCUT2D eigenvalue weighted by molar-refractivity contribution is 6.04. The molecule has 110 valence electrons. The lowest BCUT2D eigenvalue weighted by atomic mass is 10.2. The van der Waals surface area contributed by atoms with Gasteiger partial charge in [-0.3, -0.25) is 4.79 Å². The highest BCUT2D eigenvalue weighted by Gasteiger charge is 2.24. The molecule has 1 fully saturated rings. The number of aryl methyl sites for hydroxylation is 1. The van der Waals surface area contributed by atoms with Gasteiger partial charge in [-0.05, 0) is 31.5 Å². The summed E-state index contributed by atoms with van der Waals surface area (Å²) in [5.74, 6) is -0.110. The second kappa shape index (κ2) is 5.65. The van der Waals surface area contributed by atoms with Gasteiger partial charge in [-0.15, -0.1) is 5.10 Å². The van der Waals surface area contributed by atoms with Crippen molar-refractivity contribution >= 4 is 11.6 Å². The van der Waals surface area contributed by atoms with Gasteiger partial charge in [0, 0.05) is 25.3 Å². The number of nitrogens with zero attached hydrogens (tertiary/aromatic N) is 4. The lowest BCUT2D eigenvalue weighted by molar-refractivity contribution is 0.0983. The number of hydrogen-bond donors (Lipinski definition) is 1. The van der Waals surface area contributed by atoms with Gasteiger partial charge < -0.3 is 10.2 Å². The number of aromatic nitrogens is 3. The quantitative estimate of drug-likeness (QED) is 0.922. The van der Waals surface area contributed by atoms with Crippen molar-refractivity contribution in [2.75, 3.05) is 24.5 Å². The summed E-state index contributed by atoms with van der Waals surface area (Å²) in [6.45, 7) is 6.33. The topological polar surface area (TPSA) is 63.1 Å². The predicted octanol–water partition coefficient (Wildman–Crippen LogP) is 1.40. The zero-order valence-corrected chi connectivity index (χ0v) is 12.3. The minimum Gasteiger partial charge on any atom is -0.312 e. The van der Waals surface area contributed by atoms with Gasteiger partial charge in [-0.25, -0.2) is 4.68 Å². The molecule has 6 heteroatoms. The molecule has 2 heterocycles. The first-order chi connectivity index (χ1) is 10.2. The Morgan fingerprint density at radius 1 is 1.48 bits per heavy atom. The molecule has 0 unspecified atom stereocenters. The molecule has 6 nitrogen and oxygen atoms in total. The standard InChI is InChI=1S/C15H19N5O/c1-3-19(12-6-4-5-11(2)7-12)15(21)14-10-20(18-17-14)13-8-16-9-13/h4-7,10,13,16H,3,8-9H2,1-2H3. The van der Waals surface area contributed by atoms with Crippen molar-refractivity contribution < 1.29 is 4.79 Å². The van der Waals surface area contributed by atoms with Crippen LogP contribution in [0.3, 0.4) is 0 Å². The lowest BCUT2D eigenvalue weighted by Gasteiger charge is -2.26. The van der Waals surface area contributed by atoms with Gasteiger partial charge in [0.2, 0.25) is 0 Å². The molecule has 1 aliphatic rings. The highest BCUT2D eigenvalue weighted by atomic mass is 16.2. The third kappa shape index (κ3) is 2.67. The van der Waals surface area contributed by atoms with Crippen LogP contribution in [0.5, 0.6) is 0 Å². The van der Waals surface area contributed by atoms with Crippen molar-refractivity contribution in [3.8, 4) is 0 Å². The van der Waals surface area contributed by atoms with E-state index in [4.69, 9.17) is 0 Å². The normalized spacial score (nSPS) is 14.8. The molecule has 1 amide bonds. The fraction of sp³-hybridized carbons (Fsp3) is 0.400. The summed E-state index contributed by atoms with van der Waals surface area (Å²) in [5.41, 5.74) is 2.41. The number of anilines is 1. The summed E-state index contributed by atoms with van der Waals surface area (Å²) in [5, 5.41) is 11.3. The maximum absolute atomic E-state index is 12.6. The fourth-order valence-corrected chi connectivity index (χ4v) is 2.39. The summed E-state index contributed by atoms with van der Waals surface area (Å²) in [4.78, 5) is 14.3. The first-order valence-corrected chi connectivity index (χ1v) is 7.20. The highest BCUT2D eigenvalue weighted by Crippen LogP contribution is 2.18. The Morgan fingerprint density at radius 3 is 2.90 bits per heavy atom. The van der Waals surface area contributed by atoms with E-state index in [1.165, 1.54) is 0 Å². The third-order valence-corrected chi connectivity index (χ3v) is 3.74. The smallest absolute Gasteiger partial charge is 0.280 e. The maximum Gasteiger partial charge on any atom is 0.280 e. The summed E-state index contributed by atoms with van der Waals surface area (Å²) in [6, 6.07) is 8.23. The van der Waals surface area contributed by atoms with Crippen molar-refractivity contribution in [2.45, 2.75) is 19.9 Å². The zero-order chi connectivity index (χ0) is 14.8. The number of amides is 1. The van der Waals surface area contributed by atoms with E-state index in [1.807, 2.05) is 38.1 Å². The van der Waals surface area contributed by atoms with Crippen LogP contribution in [0.2, 0.25) is 0 Å². The number of benzene rings is 1. The Hall–Kier alpha value is -2.21. The Labute approximate surface area is 123 Å². The van der Waals surface area contributed by atoms with Gasteiger partial charge in [0.25, 0.3) is 5.91 Å². The zero-order valence-electron chi connectivity index (χ0n) is 12.3. The van der Waals surface area contributed by atoms with E-state index in [2.05, 4.69) is 15.6 Å². The molecular formula is C15H19N5O. The molecule has 3 rings (SSSR count). The molecule has 0 saturated carbocycles. The Kier molecular flexibility index (Phi) is 3.70. The Morgan fingerprint density at radius 2 is 2.29 bits per heavy atom. The SMILES string of the molecule is CCN(C(=O)c1cn(C2CNC2)nn1)c1cccc(C)c1. The van der Waals surface area contributed by atoms with Gasteiger partial charge in [-0.2, -0.15) is 0 Å². The minimum absolute atomic E-state index is 0.110. The summed E-state index contributed by atoms with van der Waals surface area (Å²) < 4.78 is 1.77. The van der Waals surface area contributed by atoms with Gasteiger partial charge in [0.1, 0.15) is 0 Å². The van der Waals surface area contributed by atoms with Crippen LogP contribution in [-0.2, 0) is 0 Å². The van der Waals surface area contributed by atoms with E-state index in [-0.39, 0.29) is 5.91 Å². The molecule has 0 atom stereocenters. The van der Waals surface area contributed by atoms with Crippen molar-refractivity contribution in [1.82, 2.24) is 20.3 Å². The van der Waals surface area contributed by atoms with Gasteiger partial charge >= 0.3 is 0 Å². The molecule has 1 saturated heterocycles. The lowest BCUT2D eigenvalue weighted by Crippen LogP contribution is -2.43. The predicted molar refractivity (Wildman–Crippen MR) is 80.5 cm³/mol. The van der Waals surface area contributed by atoms with Crippen LogP contribution in [0.25, 0.3) is 0 Å². The Balaban J connectivity index is 1.83. The van der Waals surface area contributed by atoms with E-state index < -0.39 is 0 Å². The van der Waals surface area contributed by atoms with Crippen molar-refractivity contribution in [3.05, 3.63) is 41.7 Å². The third-order valence-electron chi connectivity index (χ3n) is 3.74. The first-order valence-electron chi connectivity index (χ1n) is 7.20. The molecule has 2 aromatic rings. The van der Waals surface area contributed by atoms with Crippen LogP contribution < -0.4 is 10.2 Å². The number of carbonyl (C=O) groups excluding carboxylic acids is 1. The molecule has 1 aromatic carbocycles. The molecule has 21 heavy (non-hydrogen) atoms. The van der Waals surface area contributed by atoms with E-state index in [0.717, 1.165) is 24.3 Å². The maximum atomic E-state index is 12.6. The molecule has 1 N–H and O–H groups in total. The van der Waals surface area contributed by atoms with E-state index >= 15 is 0 Å². The van der Waals surface area contributed by atoms with Crippen LogP contribution in [0, 0.1) is 6.92 Å². The number of carbonyl (C=O) groups is 1. The number of hydrogen-bond acceptors (Lipinski definition) is 4. The van der Waals surface area contributed by atoms with Gasteiger partial charge in [-0.1, -0.05) is 17.3 Å². The fourth-order valence-electron chi connectivity index (χ4n) is 2.39. The molecule has 0 radical (unpaired) electrons. The molecule has 1 aromatic heterocycles. The summed E-state index contributed by atoms with van der Waals surface area (Å²) in [6.07, 6.45) is 1.74. The van der Waals surface area contributed by atoms with Gasteiger partial charge in [0.15, 0.2) is 5.69 Å². The number of nitrogens with one attached hydrogen (secondary N) is 1. The molecule has 0 aliphatic carbocycles. The second-order valence-electron chi connectivity index (χ2n) is 5.28. The monoisotopic (exact) mass is 285 g/mol. The van der Waals surface area contributed by atoms with E-state index in [0.29, 0.717) is 18.3 Å². The Bertz CT molecular complexity index is 647. The van der Waals surface area contributed by atoms with E-state index in [9.17, 15) is 4.79 Å². The van der Waals surface area contributed by atoms with Crippen molar-refractivity contribution in [1.29, 1.82) is 0 Å². The molecule has 1 aliphatic heterocycles. The largest absolute Gasteiger partial charge is 0.312 e. The van der Waals surface area contributed by atoms with E-state index in [1.54, 1.807) is 15.8 Å². The van der Waals surface area contributed by atoms with Crippen LogP contribution in [0.4, 0.5) is 5.69 Å². The minimum atomic E-state index is -0.110. The summed E-state index contributed by atoms with van der Waals surface area (Å²) in [7, 11) is 0.